The fraction of sp³-hybridized carbons (Fsp3) is 0.450. The number of fused-ring (bicyclic) bond motifs is 1. The molecule has 132 valence electrons. The van der Waals surface area contributed by atoms with Crippen LogP contribution in [0.3, 0.4) is 0 Å². The van der Waals surface area contributed by atoms with E-state index in [0.29, 0.717) is 13.2 Å². The van der Waals surface area contributed by atoms with Gasteiger partial charge in [0.25, 0.3) is 5.91 Å². The Bertz CT molecular complexity index is 743. The molecule has 0 unspecified atom stereocenters. The third-order valence-electron chi connectivity index (χ3n) is 4.95. The largest absolute Gasteiger partial charge is 0.349 e. The lowest BCUT2D eigenvalue weighted by Gasteiger charge is -2.34. The van der Waals surface area contributed by atoms with Crippen LogP contribution in [0.25, 0.3) is 10.8 Å². The van der Waals surface area contributed by atoms with Crippen LogP contribution in [-0.2, 0) is 9.47 Å². The molecule has 2 aliphatic rings. The van der Waals surface area contributed by atoms with Crippen molar-refractivity contribution < 1.29 is 14.3 Å². The molecule has 2 aliphatic heterocycles. The third-order valence-corrected chi connectivity index (χ3v) is 4.95. The normalized spacial score (nSPS) is 22.3. The van der Waals surface area contributed by atoms with Crippen molar-refractivity contribution in [1.29, 1.82) is 0 Å². The second kappa shape index (κ2) is 7.52. The van der Waals surface area contributed by atoms with Gasteiger partial charge < -0.3 is 14.8 Å². The molecule has 2 heterocycles. The van der Waals surface area contributed by atoms with Crippen LogP contribution in [-0.4, -0.2) is 56.0 Å². The fourth-order valence-corrected chi connectivity index (χ4v) is 3.66. The van der Waals surface area contributed by atoms with E-state index in [4.69, 9.17) is 9.47 Å². The Labute approximate surface area is 147 Å². The van der Waals surface area contributed by atoms with Crippen LogP contribution in [0.5, 0.6) is 0 Å². The fourth-order valence-electron chi connectivity index (χ4n) is 3.66. The summed E-state index contributed by atoms with van der Waals surface area (Å²) in [6.45, 7) is 4.03. The minimum atomic E-state index is -0.116. The molecule has 2 aromatic carbocycles. The van der Waals surface area contributed by atoms with Crippen molar-refractivity contribution in [3.8, 4) is 0 Å². The van der Waals surface area contributed by atoms with Gasteiger partial charge in [-0.1, -0.05) is 30.3 Å². The molecule has 0 aliphatic carbocycles. The predicted octanol–water partition coefficient (Wildman–Crippen LogP) is 2.41. The lowest BCUT2D eigenvalue weighted by Crippen LogP contribution is -2.49. The van der Waals surface area contributed by atoms with E-state index >= 15 is 0 Å². The van der Waals surface area contributed by atoms with E-state index in [2.05, 4.69) is 16.3 Å². The first kappa shape index (κ1) is 16.5. The molecule has 1 atom stereocenters. The molecule has 0 radical (unpaired) electrons. The zero-order valence-corrected chi connectivity index (χ0v) is 14.3. The second-order valence-electron chi connectivity index (χ2n) is 6.81. The molecule has 5 heteroatoms. The molecule has 2 saturated heterocycles. The molecular formula is C20H24N2O3. The molecule has 0 spiro atoms. The average Bonchev–Trinajstić information content (AvgIpc) is 3.14. The zero-order valence-electron chi connectivity index (χ0n) is 14.3. The van der Waals surface area contributed by atoms with Gasteiger partial charge >= 0.3 is 0 Å². The highest BCUT2D eigenvalue weighted by Crippen LogP contribution is 2.17. The number of amides is 1. The zero-order chi connectivity index (χ0) is 17.1. The topological polar surface area (TPSA) is 50.8 Å². The lowest BCUT2D eigenvalue weighted by atomic mass is 10.0. The first-order valence-corrected chi connectivity index (χ1v) is 9.03. The van der Waals surface area contributed by atoms with Crippen LogP contribution in [0.4, 0.5) is 0 Å². The number of likely N-dealkylation sites (tertiary alicyclic amines) is 1. The molecule has 0 bridgehead atoms. The Balaban J connectivity index is 1.37. The summed E-state index contributed by atoms with van der Waals surface area (Å²) in [6, 6.07) is 14.1. The molecule has 5 nitrogen and oxygen atoms in total. The molecular weight excluding hydrogens is 316 g/mol. The number of hydrogen-bond acceptors (Lipinski definition) is 4. The summed E-state index contributed by atoms with van der Waals surface area (Å²) >= 11 is 0. The number of nitrogens with zero attached hydrogens (tertiary/aromatic N) is 1. The maximum atomic E-state index is 12.6. The maximum Gasteiger partial charge on any atom is 0.251 e. The smallest absolute Gasteiger partial charge is 0.251 e. The summed E-state index contributed by atoms with van der Waals surface area (Å²) < 4.78 is 11.1. The van der Waals surface area contributed by atoms with E-state index in [9.17, 15) is 4.79 Å². The highest BCUT2D eigenvalue weighted by atomic mass is 16.7. The minimum Gasteiger partial charge on any atom is -0.349 e. The molecule has 2 aromatic rings. The Hall–Kier alpha value is -1.95. The van der Waals surface area contributed by atoms with Crippen LogP contribution in [0.1, 0.15) is 23.2 Å². The van der Waals surface area contributed by atoms with E-state index < -0.39 is 0 Å². The average molecular weight is 340 g/mol. The number of benzene rings is 2. The number of carbonyl (C=O) groups excluding carboxylic acids is 1. The molecule has 0 saturated carbocycles. The number of rotatable bonds is 4. The third kappa shape index (κ3) is 4.00. The van der Waals surface area contributed by atoms with Gasteiger partial charge in [-0.2, -0.15) is 0 Å². The number of piperidine rings is 1. The van der Waals surface area contributed by atoms with Crippen LogP contribution in [0.15, 0.2) is 42.5 Å². The second-order valence-corrected chi connectivity index (χ2v) is 6.81. The summed E-state index contributed by atoms with van der Waals surface area (Å²) in [4.78, 5) is 15.0. The number of carbonyl (C=O) groups is 1. The Morgan fingerprint density at radius 1 is 1.12 bits per heavy atom. The van der Waals surface area contributed by atoms with Gasteiger partial charge in [0, 0.05) is 24.7 Å². The molecule has 4 rings (SSSR count). The summed E-state index contributed by atoms with van der Waals surface area (Å²) in [7, 11) is 0. The van der Waals surface area contributed by atoms with E-state index in [-0.39, 0.29) is 18.2 Å². The Morgan fingerprint density at radius 2 is 1.92 bits per heavy atom. The van der Waals surface area contributed by atoms with E-state index in [0.717, 1.165) is 48.8 Å². The van der Waals surface area contributed by atoms with Crippen molar-refractivity contribution in [2.75, 3.05) is 32.8 Å². The number of nitrogens with one attached hydrogen (secondary N) is 1. The Kier molecular flexibility index (Phi) is 4.97. The lowest BCUT2D eigenvalue weighted by molar-refractivity contribution is -0.0655. The van der Waals surface area contributed by atoms with Crippen LogP contribution in [0, 0.1) is 0 Å². The molecule has 0 aromatic heterocycles. The van der Waals surface area contributed by atoms with E-state index in [1.54, 1.807) is 0 Å². The standard InChI is InChI=1S/C20H24N2O3/c23-20(17-8-7-15-4-1-2-5-16(15)12-17)21-18-6-3-9-22(13-18)14-19-24-10-11-25-19/h1-2,4-5,7-8,12,18-19H,3,6,9-11,13-14H2,(H,21,23)/t18-/m1/s1. The summed E-state index contributed by atoms with van der Waals surface area (Å²) in [6.07, 6.45) is 1.98. The van der Waals surface area contributed by atoms with Crippen molar-refractivity contribution in [3.05, 3.63) is 48.0 Å². The highest BCUT2D eigenvalue weighted by molar-refractivity contribution is 5.98. The maximum absolute atomic E-state index is 12.6. The Morgan fingerprint density at radius 3 is 2.76 bits per heavy atom. The monoisotopic (exact) mass is 340 g/mol. The van der Waals surface area contributed by atoms with E-state index in [1.165, 1.54) is 0 Å². The van der Waals surface area contributed by atoms with Crippen LogP contribution in [0.2, 0.25) is 0 Å². The van der Waals surface area contributed by atoms with Gasteiger partial charge in [-0.25, -0.2) is 0 Å². The minimum absolute atomic E-state index is 0.00553. The first-order valence-electron chi connectivity index (χ1n) is 9.03. The predicted molar refractivity (Wildman–Crippen MR) is 96.6 cm³/mol. The van der Waals surface area contributed by atoms with Gasteiger partial charge in [0.1, 0.15) is 0 Å². The van der Waals surface area contributed by atoms with Crippen LogP contribution >= 0.6 is 0 Å². The molecule has 1 amide bonds. The van der Waals surface area contributed by atoms with E-state index in [1.807, 2.05) is 36.4 Å². The molecule has 25 heavy (non-hydrogen) atoms. The van der Waals surface area contributed by atoms with Crippen molar-refractivity contribution >= 4 is 16.7 Å². The summed E-state index contributed by atoms with van der Waals surface area (Å²) in [5.41, 5.74) is 0.721. The molecule has 1 N–H and O–H groups in total. The van der Waals surface area contributed by atoms with Gasteiger partial charge in [-0.15, -0.1) is 0 Å². The van der Waals surface area contributed by atoms with Crippen molar-refractivity contribution in [2.45, 2.75) is 25.2 Å². The SMILES string of the molecule is O=C(N[C@@H]1CCCN(CC2OCCO2)C1)c1ccc2ccccc2c1. The van der Waals surface area contributed by atoms with Gasteiger partial charge in [-0.3, -0.25) is 9.69 Å². The van der Waals surface area contributed by atoms with Gasteiger partial charge in [0.2, 0.25) is 0 Å². The number of ether oxygens (including phenoxy) is 2. The van der Waals surface area contributed by atoms with Crippen LogP contribution < -0.4 is 5.32 Å². The summed E-state index contributed by atoms with van der Waals surface area (Å²) in [5.74, 6) is 0.00553. The summed E-state index contributed by atoms with van der Waals surface area (Å²) in [5, 5.41) is 5.44. The van der Waals surface area contributed by atoms with Crippen molar-refractivity contribution in [1.82, 2.24) is 10.2 Å². The van der Waals surface area contributed by atoms with Crippen molar-refractivity contribution in [3.63, 3.8) is 0 Å². The van der Waals surface area contributed by atoms with Gasteiger partial charge in [0.15, 0.2) is 6.29 Å². The van der Waals surface area contributed by atoms with Gasteiger partial charge in [0.05, 0.1) is 13.2 Å². The highest BCUT2D eigenvalue weighted by Gasteiger charge is 2.26. The number of hydrogen-bond donors (Lipinski definition) is 1. The molecule has 2 fully saturated rings. The van der Waals surface area contributed by atoms with Crippen molar-refractivity contribution in [2.24, 2.45) is 0 Å². The quantitative estimate of drug-likeness (QED) is 0.929. The first-order chi connectivity index (χ1) is 12.3. The van der Waals surface area contributed by atoms with Gasteiger partial charge in [-0.05, 0) is 42.3 Å².